The smallest absolute Gasteiger partial charge is 0.223 e. The van der Waals surface area contributed by atoms with Gasteiger partial charge in [-0.05, 0) is 12.5 Å². The van der Waals surface area contributed by atoms with Crippen LogP contribution in [0.15, 0.2) is 6.07 Å². The maximum atomic E-state index is 9.02. The maximum absolute atomic E-state index is 9.02. The van der Waals surface area contributed by atoms with Gasteiger partial charge in [0, 0.05) is 37.6 Å². The predicted molar refractivity (Wildman–Crippen MR) is 86.9 cm³/mol. The number of aliphatic hydroxyl groups excluding tert-OH is 1. The highest BCUT2D eigenvalue weighted by atomic mass is 32.1. The summed E-state index contributed by atoms with van der Waals surface area (Å²) in [5.41, 5.74) is 5.87. The van der Waals surface area contributed by atoms with Crippen LogP contribution in [0, 0.1) is 0 Å². The Hall–Kier alpha value is -1.44. The summed E-state index contributed by atoms with van der Waals surface area (Å²) in [5.74, 6) is 1.30. The maximum Gasteiger partial charge on any atom is 0.223 e. The standard InChI is InChI=1S/C14H21N5OS/c1-2-10-9-11-12(16-14(15)17-13(11)21-10)19-5-3-18(4-6-19)7-8-20/h9,20H,2-8H2,1H3,(H2,15,16,17). The van der Waals surface area contributed by atoms with E-state index in [2.05, 4.69) is 32.8 Å². The Morgan fingerprint density at radius 1 is 1.29 bits per heavy atom. The number of piperazine rings is 1. The highest BCUT2D eigenvalue weighted by molar-refractivity contribution is 7.18. The van der Waals surface area contributed by atoms with E-state index in [1.165, 1.54) is 4.88 Å². The van der Waals surface area contributed by atoms with Crippen LogP contribution in [0.2, 0.25) is 0 Å². The number of hydrogen-bond donors (Lipinski definition) is 2. The number of aromatic nitrogens is 2. The number of nitrogen functional groups attached to an aromatic ring is 1. The minimum absolute atomic E-state index is 0.217. The van der Waals surface area contributed by atoms with E-state index in [-0.39, 0.29) is 6.61 Å². The molecule has 0 atom stereocenters. The molecule has 1 aliphatic rings. The first-order valence-electron chi connectivity index (χ1n) is 7.35. The molecule has 1 saturated heterocycles. The molecule has 7 heteroatoms. The second-order valence-electron chi connectivity index (χ2n) is 5.24. The highest BCUT2D eigenvalue weighted by Gasteiger charge is 2.21. The topological polar surface area (TPSA) is 78.5 Å². The summed E-state index contributed by atoms with van der Waals surface area (Å²) in [6.45, 7) is 6.80. The third kappa shape index (κ3) is 2.95. The van der Waals surface area contributed by atoms with Crippen LogP contribution in [0.5, 0.6) is 0 Å². The number of β-amino-alcohol motifs (C(OH)–C–C–N with tert-alkyl or cyclic N) is 1. The first-order valence-corrected chi connectivity index (χ1v) is 8.17. The van der Waals surface area contributed by atoms with Crippen molar-refractivity contribution in [3.05, 3.63) is 10.9 Å². The van der Waals surface area contributed by atoms with E-state index in [1.54, 1.807) is 11.3 Å². The Balaban J connectivity index is 1.88. The number of hydrogen-bond acceptors (Lipinski definition) is 7. The van der Waals surface area contributed by atoms with Crippen molar-refractivity contribution < 1.29 is 5.11 Å². The van der Waals surface area contributed by atoms with Crippen LogP contribution in [0.25, 0.3) is 10.2 Å². The van der Waals surface area contributed by atoms with Crippen molar-refractivity contribution in [3.63, 3.8) is 0 Å². The van der Waals surface area contributed by atoms with Crippen LogP contribution in [0.1, 0.15) is 11.8 Å². The van der Waals surface area contributed by atoms with E-state index in [4.69, 9.17) is 10.8 Å². The van der Waals surface area contributed by atoms with Gasteiger partial charge in [0.05, 0.1) is 12.0 Å². The van der Waals surface area contributed by atoms with Gasteiger partial charge in [-0.2, -0.15) is 4.98 Å². The molecule has 0 bridgehead atoms. The number of rotatable bonds is 4. The van der Waals surface area contributed by atoms with E-state index in [0.717, 1.165) is 55.2 Å². The first kappa shape index (κ1) is 14.5. The van der Waals surface area contributed by atoms with Gasteiger partial charge in [0.15, 0.2) is 0 Å². The molecule has 0 amide bonds. The number of nitrogens with two attached hydrogens (primary N) is 1. The number of aryl methyl sites for hydroxylation is 1. The predicted octanol–water partition coefficient (Wildman–Crippen LogP) is 0.950. The van der Waals surface area contributed by atoms with Crippen molar-refractivity contribution in [3.8, 4) is 0 Å². The Morgan fingerprint density at radius 3 is 2.71 bits per heavy atom. The van der Waals surface area contributed by atoms with Crippen molar-refractivity contribution >= 4 is 33.3 Å². The summed E-state index contributed by atoms with van der Waals surface area (Å²) in [7, 11) is 0. The Bertz CT molecular complexity index is 621. The molecule has 21 heavy (non-hydrogen) atoms. The summed E-state index contributed by atoms with van der Waals surface area (Å²) in [5, 5.41) is 10.1. The summed E-state index contributed by atoms with van der Waals surface area (Å²) >= 11 is 1.70. The molecule has 1 fully saturated rings. The van der Waals surface area contributed by atoms with Gasteiger partial charge in [0.2, 0.25) is 5.95 Å². The largest absolute Gasteiger partial charge is 0.395 e. The zero-order chi connectivity index (χ0) is 14.8. The molecule has 2 aromatic heterocycles. The SMILES string of the molecule is CCc1cc2c(N3CCN(CCO)CC3)nc(N)nc2s1. The Morgan fingerprint density at radius 2 is 2.05 bits per heavy atom. The highest BCUT2D eigenvalue weighted by Crippen LogP contribution is 2.32. The molecule has 0 aliphatic carbocycles. The number of nitrogens with zero attached hydrogens (tertiary/aromatic N) is 4. The van der Waals surface area contributed by atoms with Crippen molar-refractivity contribution in [1.29, 1.82) is 0 Å². The molecule has 0 saturated carbocycles. The van der Waals surface area contributed by atoms with Crippen molar-refractivity contribution in [2.75, 3.05) is 50.0 Å². The zero-order valence-electron chi connectivity index (χ0n) is 12.2. The number of fused-ring (bicyclic) bond motifs is 1. The molecule has 2 aromatic rings. The van der Waals surface area contributed by atoms with E-state index in [1.807, 2.05) is 0 Å². The Kier molecular flexibility index (Phi) is 4.23. The number of anilines is 2. The van der Waals surface area contributed by atoms with Gasteiger partial charge < -0.3 is 15.7 Å². The summed E-state index contributed by atoms with van der Waals surface area (Å²) < 4.78 is 0. The molecule has 0 unspecified atom stereocenters. The van der Waals surface area contributed by atoms with Crippen LogP contribution in [-0.4, -0.2) is 59.3 Å². The lowest BCUT2D eigenvalue weighted by molar-refractivity contribution is 0.188. The molecule has 114 valence electrons. The van der Waals surface area contributed by atoms with Gasteiger partial charge in [-0.3, -0.25) is 4.90 Å². The van der Waals surface area contributed by atoms with E-state index >= 15 is 0 Å². The van der Waals surface area contributed by atoms with Gasteiger partial charge in [-0.25, -0.2) is 4.98 Å². The van der Waals surface area contributed by atoms with Crippen molar-refractivity contribution in [1.82, 2.24) is 14.9 Å². The van der Waals surface area contributed by atoms with Crippen LogP contribution < -0.4 is 10.6 Å². The number of aliphatic hydroxyl groups is 1. The molecule has 1 aliphatic heterocycles. The summed E-state index contributed by atoms with van der Waals surface area (Å²) in [4.78, 5) is 15.7. The first-order chi connectivity index (χ1) is 10.2. The second-order valence-corrected chi connectivity index (χ2v) is 6.36. The van der Waals surface area contributed by atoms with Crippen LogP contribution in [-0.2, 0) is 6.42 Å². The fraction of sp³-hybridized carbons (Fsp3) is 0.571. The molecule has 3 N–H and O–H groups in total. The van der Waals surface area contributed by atoms with Crippen LogP contribution in [0.4, 0.5) is 11.8 Å². The third-order valence-corrected chi connectivity index (χ3v) is 5.05. The van der Waals surface area contributed by atoms with E-state index < -0.39 is 0 Å². The molecule has 3 heterocycles. The lowest BCUT2D eigenvalue weighted by Gasteiger charge is -2.35. The lowest BCUT2D eigenvalue weighted by Crippen LogP contribution is -2.47. The normalized spacial score (nSPS) is 16.8. The van der Waals surface area contributed by atoms with Crippen molar-refractivity contribution in [2.45, 2.75) is 13.3 Å². The second kappa shape index (κ2) is 6.13. The van der Waals surface area contributed by atoms with Gasteiger partial charge >= 0.3 is 0 Å². The van der Waals surface area contributed by atoms with Crippen LogP contribution in [0.3, 0.4) is 0 Å². The van der Waals surface area contributed by atoms with E-state index in [0.29, 0.717) is 5.95 Å². The van der Waals surface area contributed by atoms with Gasteiger partial charge in [0.25, 0.3) is 0 Å². The summed E-state index contributed by atoms with van der Waals surface area (Å²) in [6.07, 6.45) is 1.00. The molecule has 3 rings (SSSR count). The van der Waals surface area contributed by atoms with Gasteiger partial charge in [0.1, 0.15) is 10.6 Å². The number of thiophene rings is 1. The average molecular weight is 307 g/mol. The average Bonchev–Trinajstić information content (AvgIpc) is 2.90. The van der Waals surface area contributed by atoms with E-state index in [9.17, 15) is 0 Å². The molecule has 0 radical (unpaired) electrons. The molecular formula is C14H21N5OS. The fourth-order valence-electron chi connectivity index (χ4n) is 2.71. The zero-order valence-corrected chi connectivity index (χ0v) is 13.1. The Labute approximate surface area is 128 Å². The summed E-state index contributed by atoms with van der Waals surface area (Å²) in [6, 6.07) is 2.19. The monoisotopic (exact) mass is 307 g/mol. The van der Waals surface area contributed by atoms with Crippen molar-refractivity contribution in [2.24, 2.45) is 0 Å². The molecule has 0 spiro atoms. The molecular weight excluding hydrogens is 286 g/mol. The molecule has 0 aromatic carbocycles. The quantitative estimate of drug-likeness (QED) is 0.875. The third-order valence-electron chi connectivity index (χ3n) is 3.88. The van der Waals surface area contributed by atoms with Gasteiger partial charge in [-0.1, -0.05) is 6.92 Å². The minimum Gasteiger partial charge on any atom is -0.395 e. The fourth-order valence-corrected chi connectivity index (χ4v) is 3.68. The van der Waals surface area contributed by atoms with Gasteiger partial charge in [-0.15, -0.1) is 11.3 Å². The van der Waals surface area contributed by atoms with Crippen LogP contribution >= 0.6 is 11.3 Å². The minimum atomic E-state index is 0.217. The molecule has 6 nitrogen and oxygen atoms in total. The lowest BCUT2D eigenvalue weighted by atomic mass is 10.2.